The predicted octanol–water partition coefficient (Wildman–Crippen LogP) is 5.27. The topological polar surface area (TPSA) is 46.5 Å². The zero-order chi connectivity index (χ0) is 18.9. The summed E-state index contributed by atoms with van der Waals surface area (Å²) in [7, 11) is -2.97. The summed E-state index contributed by atoms with van der Waals surface area (Å²) in [5, 5.41) is 1.14. The Bertz CT molecular complexity index is 835. The van der Waals surface area contributed by atoms with Gasteiger partial charge in [0.05, 0.1) is 28.3 Å². The number of aliphatic imine (C=N–C) groups is 1. The average molecular weight is 414 g/mol. The molecule has 1 saturated carbocycles. The molecule has 6 heteroatoms. The Kier molecular flexibility index (Phi) is 6.15. The molecule has 0 bridgehead atoms. The molecule has 0 radical (unpaired) electrons. The molecule has 1 fully saturated rings. The molecule has 142 valence electrons. The van der Waals surface area contributed by atoms with Crippen LogP contribution in [0, 0.1) is 11.8 Å². The van der Waals surface area contributed by atoms with Crippen molar-refractivity contribution in [3.8, 4) is 0 Å². The van der Waals surface area contributed by atoms with E-state index in [1.54, 1.807) is 13.8 Å². The second kappa shape index (κ2) is 8.04. The van der Waals surface area contributed by atoms with E-state index >= 15 is 0 Å². The van der Waals surface area contributed by atoms with Crippen LogP contribution in [0.2, 0.25) is 5.02 Å². The highest BCUT2D eigenvalue weighted by molar-refractivity contribution is 7.91. The molecule has 3 nitrogen and oxygen atoms in total. The molecule has 3 rings (SSSR count). The normalized spacial score (nSPS) is 24.3. The minimum Gasteiger partial charge on any atom is -0.279 e. The Labute approximate surface area is 166 Å². The Morgan fingerprint density at radius 2 is 1.85 bits per heavy atom. The van der Waals surface area contributed by atoms with Gasteiger partial charge >= 0.3 is 0 Å². The van der Waals surface area contributed by atoms with Crippen LogP contribution in [0.5, 0.6) is 0 Å². The van der Waals surface area contributed by atoms with Gasteiger partial charge < -0.3 is 0 Å². The molecular formula is C20H25Cl2NO2S. The lowest BCUT2D eigenvalue weighted by atomic mass is 9.79. The fourth-order valence-electron chi connectivity index (χ4n) is 3.82. The minimum atomic E-state index is -2.97. The average Bonchev–Trinajstić information content (AvgIpc) is 2.97. The van der Waals surface area contributed by atoms with Gasteiger partial charge in [0.1, 0.15) is 0 Å². The number of benzene rings is 1. The maximum Gasteiger partial charge on any atom is 0.152 e. The van der Waals surface area contributed by atoms with Crippen molar-refractivity contribution in [3.63, 3.8) is 0 Å². The van der Waals surface area contributed by atoms with Crippen molar-refractivity contribution in [2.75, 3.05) is 12.3 Å². The first kappa shape index (κ1) is 19.9. The van der Waals surface area contributed by atoms with Crippen molar-refractivity contribution >= 4 is 38.8 Å². The first-order valence-electron chi connectivity index (χ1n) is 9.19. The summed E-state index contributed by atoms with van der Waals surface area (Å²) in [6, 6.07) is 7.61. The number of allylic oxidation sites excluding steroid dienone is 1. The first-order chi connectivity index (χ1) is 12.3. The van der Waals surface area contributed by atoms with Gasteiger partial charge in [0.2, 0.25) is 0 Å². The summed E-state index contributed by atoms with van der Waals surface area (Å²) in [6.07, 6.45) is 3.86. The summed E-state index contributed by atoms with van der Waals surface area (Å²) in [5.74, 6) is 0.989. The molecule has 1 aliphatic heterocycles. The molecule has 0 unspecified atom stereocenters. The Balaban J connectivity index is 1.65. The quantitative estimate of drug-likeness (QED) is 0.659. The van der Waals surface area contributed by atoms with Gasteiger partial charge in [-0.25, -0.2) is 8.42 Å². The lowest BCUT2D eigenvalue weighted by Gasteiger charge is -2.29. The number of halogens is 2. The molecule has 0 atom stereocenters. The van der Waals surface area contributed by atoms with Crippen LogP contribution in [0.15, 0.2) is 39.9 Å². The molecule has 2 aliphatic rings. The highest BCUT2D eigenvalue weighted by atomic mass is 35.5. The van der Waals surface area contributed by atoms with Gasteiger partial charge in [-0.15, -0.1) is 0 Å². The molecule has 26 heavy (non-hydrogen) atoms. The maximum absolute atomic E-state index is 12.2. The van der Waals surface area contributed by atoms with E-state index in [9.17, 15) is 8.42 Å². The third-order valence-corrected chi connectivity index (χ3v) is 8.55. The summed E-state index contributed by atoms with van der Waals surface area (Å²) in [5.41, 5.74) is 2.98. The van der Waals surface area contributed by atoms with Crippen molar-refractivity contribution in [2.45, 2.75) is 44.8 Å². The predicted molar refractivity (Wildman–Crippen MR) is 110 cm³/mol. The van der Waals surface area contributed by atoms with Crippen LogP contribution in [-0.2, 0) is 9.84 Å². The third kappa shape index (κ3) is 4.35. The van der Waals surface area contributed by atoms with E-state index in [1.165, 1.54) is 5.57 Å². The van der Waals surface area contributed by atoms with Crippen LogP contribution in [0.25, 0.3) is 0 Å². The van der Waals surface area contributed by atoms with Crippen LogP contribution < -0.4 is 0 Å². The Morgan fingerprint density at radius 3 is 2.46 bits per heavy atom. The van der Waals surface area contributed by atoms with Gasteiger partial charge in [0.15, 0.2) is 9.84 Å². The number of hydrogen-bond donors (Lipinski definition) is 0. The molecule has 0 saturated heterocycles. The van der Waals surface area contributed by atoms with Gasteiger partial charge in [-0.05, 0) is 69.1 Å². The van der Waals surface area contributed by atoms with Crippen LogP contribution in [0.3, 0.4) is 0 Å². The van der Waals surface area contributed by atoms with E-state index in [2.05, 4.69) is 4.99 Å². The van der Waals surface area contributed by atoms with Gasteiger partial charge in [0, 0.05) is 10.6 Å². The largest absolute Gasteiger partial charge is 0.279 e. The van der Waals surface area contributed by atoms with Crippen LogP contribution in [0.4, 0.5) is 0 Å². The van der Waals surface area contributed by atoms with Crippen LogP contribution in [0.1, 0.15) is 45.1 Å². The summed E-state index contributed by atoms with van der Waals surface area (Å²) in [6.45, 7) is 4.16. The van der Waals surface area contributed by atoms with Crippen LogP contribution >= 0.6 is 23.2 Å². The second-order valence-electron chi connectivity index (χ2n) is 7.61. The zero-order valence-corrected chi connectivity index (χ0v) is 17.5. The summed E-state index contributed by atoms with van der Waals surface area (Å²) < 4.78 is 24.3. The van der Waals surface area contributed by atoms with E-state index in [-0.39, 0.29) is 11.2 Å². The molecule has 0 spiro atoms. The lowest BCUT2D eigenvalue weighted by Crippen LogP contribution is -2.27. The summed E-state index contributed by atoms with van der Waals surface area (Å²) in [4.78, 5) is 4.64. The highest BCUT2D eigenvalue weighted by Gasteiger charge is 2.31. The molecule has 0 aromatic heterocycles. The number of rotatable bonds is 5. The van der Waals surface area contributed by atoms with Gasteiger partial charge in [-0.3, -0.25) is 4.99 Å². The molecule has 0 N–H and O–H groups in total. The SMILES string of the molecule is CC(C)S(=O)(=O)CC1CCC(C2=C(Cl)C(c3cccc(Cl)c3)=NC2)CC1. The van der Waals surface area contributed by atoms with Crippen molar-refractivity contribution in [1.82, 2.24) is 0 Å². The third-order valence-electron chi connectivity index (χ3n) is 5.52. The maximum atomic E-state index is 12.2. The number of sulfone groups is 1. The van der Waals surface area contributed by atoms with Crippen molar-refractivity contribution in [1.29, 1.82) is 0 Å². The fourth-order valence-corrected chi connectivity index (χ4v) is 5.76. The van der Waals surface area contributed by atoms with E-state index in [1.807, 2.05) is 24.3 Å². The van der Waals surface area contributed by atoms with Gasteiger partial charge in [-0.2, -0.15) is 0 Å². The molecule has 1 aliphatic carbocycles. The minimum absolute atomic E-state index is 0.271. The molecule has 0 amide bonds. The second-order valence-corrected chi connectivity index (χ2v) is 11.0. The fraction of sp³-hybridized carbons (Fsp3) is 0.550. The van der Waals surface area contributed by atoms with Crippen molar-refractivity contribution in [3.05, 3.63) is 45.5 Å². The molecular weight excluding hydrogens is 389 g/mol. The highest BCUT2D eigenvalue weighted by Crippen LogP contribution is 2.39. The standard InChI is InChI=1S/C20H25Cl2NO2S/c1-13(2)26(24,25)12-14-6-8-15(9-7-14)18-11-23-20(19(18)22)16-4-3-5-17(21)10-16/h3-5,10,13-15H,6-9,11-12H2,1-2H3. The van der Waals surface area contributed by atoms with E-state index in [0.29, 0.717) is 23.2 Å². The first-order valence-corrected chi connectivity index (χ1v) is 11.7. The lowest BCUT2D eigenvalue weighted by molar-refractivity contribution is 0.319. The molecule has 1 aromatic rings. The van der Waals surface area contributed by atoms with E-state index in [0.717, 1.165) is 42.0 Å². The van der Waals surface area contributed by atoms with Crippen molar-refractivity contribution in [2.24, 2.45) is 16.8 Å². The van der Waals surface area contributed by atoms with Crippen LogP contribution in [-0.4, -0.2) is 31.7 Å². The number of hydrogen-bond acceptors (Lipinski definition) is 3. The smallest absolute Gasteiger partial charge is 0.152 e. The molecule has 1 heterocycles. The van der Waals surface area contributed by atoms with E-state index in [4.69, 9.17) is 23.2 Å². The zero-order valence-electron chi connectivity index (χ0n) is 15.2. The summed E-state index contributed by atoms with van der Waals surface area (Å²) >= 11 is 12.7. The number of nitrogens with zero attached hydrogens (tertiary/aromatic N) is 1. The van der Waals surface area contributed by atoms with Gasteiger partial charge in [0.25, 0.3) is 0 Å². The molecule has 1 aromatic carbocycles. The van der Waals surface area contributed by atoms with Gasteiger partial charge in [-0.1, -0.05) is 35.3 Å². The Hall–Kier alpha value is -0.840. The monoisotopic (exact) mass is 413 g/mol. The Morgan fingerprint density at radius 1 is 1.15 bits per heavy atom. The van der Waals surface area contributed by atoms with E-state index < -0.39 is 9.84 Å². The van der Waals surface area contributed by atoms with Crippen molar-refractivity contribution < 1.29 is 8.42 Å².